The molecule has 1 saturated heterocycles. The van der Waals surface area contributed by atoms with Gasteiger partial charge in [0.05, 0.1) is 17.8 Å². The molecular formula is C32H24Cl2N2O8S. The highest BCUT2D eigenvalue weighted by Gasteiger charge is 2.37. The normalized spacial score (nSPS) is 14.4. The van der Waals surface area contributed by atoms with Gasteiger partial charge in [-0.1, -0.05) is 59.1 Å². The van der Waals surface area contributed by atoms with Gasteiger partial charge in [-0.05, 0) is 73.2 Å². The Balaban J connectivity index is 1.38. The first kappa shape index (κ1) is 31.6. The van der Waals surface area contributed by atoms with E-state index in [0.717, 1.165) is 16.0 Å². The van der Waals surface area contributed by atoms with Crippen LogP contribution in [-0.4, -0.2) is 33.4 Å². The number of ether oxygens (including phenoxy) is 2. The molecule has 0 unspecified atom stereocenters. The van der Waals surface area contributed by atoms with E-state index in [2.05, 4.69) is 5.32 Å². The lowest BCUT2D eigenvalue weighted by Crippen LogP contribution is -2.54. The van der Waals surface area contributed by atoms with Crippen molar-refractivity contribution in [3.8, 4) is 17.2 Å². The number of hydrogen-bond donors (Lipinski definition) is 1. The van der Waals surface area contributed by atoms with Crippen molar-refractivity contribution in [2.75, 3.05) is 12.0 Å². The molecule has 4 amide bonds. The Morgan fingerprint density at radius 1 is 0.889 bits per heavy atom. The number of hydrogen-bond acceptors (Lipinski definition) is 8. The average molecular weight is 668 g/mol. The maximum absolute atomic E-state index is 13.4. The Morgan fingerprint density at radius 3 is 2.24 bits per heavy atom. The lowest BCUT2D eigenvalue weighted by molar-refractivity contribution is -0.122. The van der Waals surface area contributed by atoms with Crippen molar-refractivity contribution in [3.63, 3.8) is 0 Å². The summed E-state index contributed by atoms with van der Waals surface area (Å²) in [4.78, 5) is 39.6. The Labute approximate surface area is 268 Å². The first-order chi connectivity index (χ1) is 21.5. The van der Waals surface area contributed by atoms with Gasteiger partial charge in [0.25, 0.3) is 11.8 Å². The van der Waals surface area contributed by atoms with Crippen LogP contribution in [0, 0.1) is 6.92 Å². The molecule has 4 aromatic carbocycles. The van der Waals surface area contributed by atoms with Gasteiger partial charge < -0.3 is 13.7 Å². The van der Waals surface area contributed by atoms with Gasteiger partial charge in [0.15, 0.2) is 5.75 Å². The highest BCUT2D eigenvalue weighted by Crippen LogP contribution is 2.39. The Morgan fingerprint density at radius 2 is 1.58 bits per heavy atom. The average Bonchev–Trinajstić information content (AvgIpc) is 3.00. The zero-order valence-electron chi connectivity index (χ0n) is 23.7. The highest BCUT2D eigenvalue weighted by molar-refractivity contribution is 7.87. The number of urea groups is 1. The Bertz CT molecular complexity index is 1940. The number of carbonyl (C=O) groups is 3. The molecule has 1 fully saturated rings. The molecule has 5 rings (SSSR count). The van der Waals surface area contributed by atoms with Crippen molar-refractivity contribution >= 4 is 62.9 Å². The molecule has 45 heavy (non-hydrogen) atoms. The van der Waals surface area contributed by atoms with Crippen LogP contribution in [0.25, 0.3) is 6.08 Å². The molecule has 0 aromatic heterocycles. The molecular weight excluding hydrogens is 643 g/mol. The third kappa shape index (κ3) is 6.96. The Hall–Kier alpha value is -4.84. The second-order valence-electron chi connectivity index (χ2n) is 9.72. The molecule has 0 saturated carbocycles. The number of imide groups is 2. The third-order valence-corrected chi connectivity index (χ3v) is 8.50. The van der Waals surface area contributed by atoms with Crippen LogP contribution < -0.4 is 23.9 Å². The van der Waals surface area contributed by atoms with E-state index < -0.39 is 28.0 Å². The van der Waals surface area contributed by atoms with Crippen LogP contribution in [-0.2, 0) is 26.3 Å². The van der Waals surface area contributed by atoms with Gasteiger partial charge in [0, 0.05) is 10.6 Å². The molecule has 13 heteroatoms. The van der Waals surface area contributed by atoms with Crippen LogP contribution in [0.3, 0.4) is 0 Å². The molecule has 0 aliphatic carbocycles. The van der Waals surface area contributed by atoms with Crippen molar-refractivity contribution in [2.24, 2.45) is 0 Å². The van der Waals surface area contributed by atoms with Crippen molar-refractivity contribution < 1.29 is 36.5 Å². The number of aryl methyl sites for hydroxylation is 1. The standard InChI is InChI=1S/C32H24Cl2N2O8S/c1-19-7-13-24(14-8-19)45(40,41)44-29-27(34)16-20(17-28(29)42-2)15-25-30(37)35-32(39)36(31(25)38)22-9-11-23(12-10-22)43-18-21-5-3-4-6-26(21)33/h3-17H,18H2,1-2H3,(H,35,37,39)/b25-15+. The van der Waals surface area contributed by atoms with Crippen LogP contribution in [0.1, 0.15) is 16.7 Å². The number of barbiturate groups is 1. The molecule has 0 spiro atoms. The summed E-state index contributed by atoms with van der Waals surface area (Å²) >= 11 is 12.6. The molecule has 0 bridgehead atoms. The summed E-state index contributed by atoms with van der Waals surface area (Å²) in [5, 5.41) is 2.54. The van der Waals surface area contributed by atoms with Crippen molar-refractivity contribution in [1.82, 2.24) is 5.32 Å². The summed E-state index contributed by atoms with van der Waals surface area (Å²) in [5.74, 6) is -1.73. The quantitative estimate of drug-likeness (QED) is 0.125. The minimum atomic E-state index is -4.27. The van der Waals surface area contributed by atoms with Gasteiger partial charge >= 0.3 is 16.1 Å². The van der Waals surface area contributed by atoms with Crippen molar-refractivity contribution in [3.05, 3.63) is 117 Å². The van der Waals surface area contributed by atoms with Crippen molar-refractivity contribution in [2.45, 2.75) is 18.4 Å². The second-order valence-corrected chi connectivity index (χ2v) is 12.1. The number of anilines is 1. The number of nitrogens with one attached hydrogen (secondary N) is 1. The van der Waals surface area contributed by atoms with E-state index >= 15 is 0 Å². The summed E-state index contributed by atoms with van der Waals surface area (Å²) in [6, 6.07) is 21.1. The lowest BCUT2D eigenvalue weighted by Gasteiger charge is -2.26. The maximum atomic E-state index is 13.4. The molecule has 10 nitrogen and oxygen atoms in total. The predicted molar refractivity (Wildman–Crippen MR) is 168 cm³/mol. The van der Waals surface area contributed by atoms with Crippen molar-refractivity contribution in [1.29, 1.82) is 0 Å². The largest absolute Gasteiger partial charge is 0.493 e. The van der Waals surface area contributed by atoms with E-state index in [1.54, 1.807) is 30.3 Å². The number of carbonyl (C=O) groups excluding carboxylic acids is 3. The van der Waals surface area contributed by atoms with Gasteiger partial charge in [-0.3, -0.25) is 14.9 Å². The van der Waals surface area contributed by atoms with Crippen LogP contribution in [0.4, 0.5) is 10.5 Å². The fraction of sp³-hybridized carbons (Fsp3) is 0.0938. The number of methoxy groups -OCH3 is 1. The van der Waals surface area contributed by atoms with Gasteiger partial charge in [-0.25, -0.2) is 9.69 Å². The highest BCUT2D eigenvalue weighted by atomic mass is 35.5. The van der Waals surface area contributed by atoms with Gasteiger partial charge in [0.2, 0.25) is 5.75 Å². The molecule has 1 heterocycles. The lowest BCUT2D eigenvalue weighted by atomic mass is 10.1. The molecule has 0 atom stereocenters. The van der Waals surface area contributed by atoms with Crippen LogP contribution in [0.15, 0.2) is 95.4 Å². The van der Waals surface area contributed by atoms with E-state index in [1.165, 1.54) is 49.6 Å². The minimum absolute atomic E-state index is 0.0750. The van der Waals surface area contributed by atoms with Crippen LogP contribution in [0.2, 0.25) is 10.0 Å². The Kier molecular flexibility index (Phi) is 9.14. The molecule has 4 aromatic rings. The van der Waals surface area contributed by atoms with Crippen LogP contribution >= 0.6 is 23.2 Å². The third-order valence-electron chi connectivity index (χ3n) is 6.61. The first-order valence-corrected chi connectivity index (χ1v) is 15.4. The maximum Gasteiger partial charge on any atom is 0.339 e. The summed E-state index contributed by atoms with van der Waals surface area (Å²) in [6.07, 6.45) is 1.20. The number of nitrogens with zero attached hydrogens (tertiary/aromatic N) is 1. The second kappa shape index (κ2) is 13.0. The summed E-state index contributed by atoms with van der Waals surface area (Å²) in [5.41, 5.74) is 1.65. The van der Waals surface area contributed by atoms with Gasteiger partial charge in [-0.15, -0.1) is 0 Å². The van der Waals surface area contributed by atoms with Gasteiger partial charge in [0.1, 0.15) is 22.8 Å². The SMILES string of the molecule is COc1cc(/C=C2\C(=O)NC(=O)N(c3ccc(OCc4ccccc4Cl)cc3)C2=O)cc(Cl)c1OS(=O)(=O)c1ccc(C)cc1. The van der Waals surface area contributed by atoms with Gasteiger partial charge in [-0.2, -0.15) is 8.42 Å². The van der Waals surface area contributed by atoms with E-state index in [-0.39, 0.29) is 44.8 Å². The summed E-state index contributed by atoms with van der Waals surface area (Å²) in [7, 11) is -2.99. The summed E-state index contributed by atoms with van der Waals surface area (Å²) in [6.45, 7) is 2.02. The molecule has 230 valence electrons. The fourth-order valence-corrected chi connectivity index (χ4v) is 5.74. The summed E-state index contributed by atoms with van der Waals surface area (Å²) < 4.78 is 42.1. The molecule has 1 aliphatic rings. The number of benzene rings is 4. The van der Waals surface area contributed by atoms with E-state index in [1.807, 2.05) is 25.1 Å². The van der Waals surface area contributed by atoms with E-state index in [9.17, 15) is 22.8 Å². The minimum Gasteiger partial charge on any atom is -0.493 e. The molecule has 0 radical (unpaired) electrons. The molecule has 1 aliphatic heterocycles. The van der Waals surface area contributed by atoms with E-state index in [4.69, 9.17) is 36.9 Å². The number of amides is 4. The number of rotatable bonds is 9. The van der Waals surface area contributed by atoms with E-state index in [0.29, 0.717) is 10.8 Å². The molecule has 1 N–H and O–H groups in total. The fourth-order valence-electron chi connectivity index (χ4n) is 4.29. The number of halogens is 2. The predicted octanol–water partition coefficient (Wildman–Crippen LogP) is 6.32. The zero-order valence-corrected chi connectivity index (χ0v) is 26.1. The topological polar surface area (TPSA) is 128 Å². The van der Waals surface area contributed by atoms with Crippen LogP contribution in [0.5, 0.6) is 17.2 Å². The smallest absolute Gasteiger partial charge is 0.339 e. The monoisotopic (exact) mass is 666 g/mol. The zero-order chi connectivity index (χ0) is 32.3. The first-order valence-electron chi connectivity index (χ1n) is 13.2.